The Morgan fingerprint density at radius 3 is 2.62 bits per heavy atom. The Balaban J connectivity index is 2.06. The van der Waals surface area contributed by atoms with Gasteiger partial charge in [-0.15, -0.1) is 0 Å². The van der Waals surface area contributed by atoms with E-state index in [1.165, 1.54) is 38.5 Å². The number of nitrogens with one attached hydrogen (secondary N) is 1. The van der Waals surface area contributed by atoms with E-state index in [9.17, 15) is 4.79 Å². The Morgan fingerprint density at radius 1 is 1.31 bits per heavy atom. The Hall–Kier alpha value is -0.570. The van der Waals surface area contributed by atoms with Crippen LogP contribution in [0.1, 0.15) is 52.4 Å². The molecule has 0 saturated carbocycles. The highest BCUT2D eigenvalue weighted by atomic mass is 16.2. The molecule has 1 saturated heterocycles. The zero-order chi connectivity index (χ0) is 11.8. The van der Waals surface area contributed by atoms with E-state index >= 15 is 0 Å². The molecular formula is C13H26N2O. The molecule has 1 unspecified atom stereocenters. The SMILES string of the molecule is CCCCCC(C)NCC(=O)N1CCCC1. The maximum Gasteiger partial charge on any atom is 0.236 e. The number of rotatable bonds is 7. The average molecular weight is 226 g/mol. The number of carbonyl (C=O) groups is 1. The molecule has 1 amide bonds. The van der Waals surface area contributed by atoms with Crippen LogP contribution in [0.25, 0.3) is 0 Å². The minimum atomic E-state index is 0.278. The molecule has 3 heteroatoms. The van der Waals surface area contributed by atoms with E-state index in [1.807, 2.05) is 4.90 Å². The fourth-order valence-corrected chi connectivity index (χ4v) is 2.14. The van der Waals surface area contributed by atoms with E-state index in [-0.39, 0.29) is 5.91 Å². The number of hydrogen-bond donors (Lipinski definition) is 1. The lowest BCUT2D eigenvalue weighted by molar-refractivity contribution is -0.129. The smallest absolute Gasteiger partial charge is 0.236 e. The molecule has 1 rings (SSSR count). The van der Waals surface area contributed by atoms with Crippen molar-refractivity contribution in [2.45, 2.75) is 58.4 Å². The minimum Gasteiger partial charge on any atom is -0.342 e. The van der Waals surface area contributed by atoms with Gasteiger partial charge in [-0.05, 0) is 26.2 Å². The van der Waals surface area contributed by atoms with Crippen LogP contribution in [-0.4, -0.2) is 36.5 Å². The van der Waals surface area contributed by atoms with Crippen molar-refractivity contribution in [1.29, 1.82) is 0 Å². The highest BCUT2D eigenvalue weighted by molar-refractivity contribution is 5.78. The molecule has 0 spiro atoms. The Kier molecular flexibility index (Phi) is 6.46. The van der Waals surface area contributed by atoms with Crippen molar-refractivity contribution in [2.24, 2.45) is 0 Å². The molecule has 0 bridgehead atoms. The first-order valence-corrected chi connectivity index (χ1v) is 6.75. The lowest BCUT2D eigenvalue weighted by Gasteiger charge is -2.18. The summed E-state index contributed by atoms with van der Waals surface area (Å²) in [5.74, 6) is 0.278. The summed E-state index contributed by atoms with van der Waals surface area (Å²) >= 11 is 0. The topological polar surface area (TPSA) is 32.3 Å². The summed E-state index contributed by atoms with van der Waals surface area (Å²) in [6.45, 7) is 6.84. The van der Waals surface area contributed by atoms with Gasteiger partial charge in [0.15, 0.2) is 0 Å². The fourth-order valence-electron chi connectivity index (χ4n) is 2.14. The third kappa shape index (κ3) is 4.97. The van der Waals surface area contributed by atoms with Crippen molar-refractivity contribution in [2.75, 3.05) is 19.6 Å². The van der Waals surface area contributed by atoms with Gasteiger partial charge in [-0.25, -0.2) is 0 Å². The summed E-state index contributed by atoms with van der Waals surface area (Å²) in [6.07, 6.45) is 7.37. The molecule has 16 heavy (non-hydrogen) atoms. The van der Waals surface area contributed by atoms with Crippen LogP contribution >= 0.6 is 0 Å². The predicted molar refractivity (Wildman–Crippen MR) is 67.4 cm³/mol. The van der Waals surface area contributed by atoms with E-state index in [4.69, 9.17) is 0 Å². The lowest BCUT2D eigenvalue weighted by atomic mass is 10.1. The number of unbranched alkanes of at least 4 members (excludes halogenated alkanes) is 2. The van der Waals surface area contributed by atoms with Crippen LogP contribution in [0.3, 0.4) is 0 Å². The Bertz CT molecular complexity index is 200. The van der Waals surface area contributed by atoms with Gasteiger partial charge in [0, 0.05) is 19.1 Å². The van der Waals surface area contributed by atoms with Crippen molar-refractivity contribution in [3.8, 4) is 0 Å². The fraction of sp³-hybridized carbons (Fsp3) is 0.923. The second-order valence-electron chi connectivity index (χ2n) is 4.87. The van der Waals surface area contributed by atoms with Gasteiger partial charge in [0.05, 0.1) is 6.54 Å². The van der Waals surface area contributed by atoms with Gasteiger partial charge in [0.2, 0.25) is 5.91 Å². The van der Waals surface area contributed by atoms with Crippen LogP contribution in [0.15, 0.2) is 0 Å². The third-order valence-corrected chi connectivity index (χ3v) is 3.30. The van der Waals surface area contributed by atoms with Crippen LogP contribution < -0.4 is 5.32 Å². The summed E-state index contributed by atoms with van der Waals surface area (Å²) in [4.78, 5) is 13.7. The first kappa shape index (κ1) is 13.5. The van der Waals surface area contributed by atoms with Crippen molar-refractivity contribution in [3.63, 3.8) is 0 Å². The normalized spacial score (nSPS) is 17.8. The second-order valence-corrected chi connectivity index (χ2v) is 4.87. The number of nitrogens with zero attached hydrogens (tertiary/aromatic N) is 1. The number of likely N-dealkylation sites (tertiary alicyclic amines) is 1. The summed E-state index contributed by atoms with van der Waals surface area (Å²) in [5.41, 5.74) is 0. The second kappa shape index (κ2) is 7.66. The van der Waals surface area contributed by atoms with Crippen LogP contribution in [0.5, 0.6) is 0 Å². The predicted octanol–water partition coefficient (Wildman–Crippen LogP) is 2.17. The number of amides is 1. The van der Waals surface area contributed by atoms with Crippen LogP contribution in [0.2, 0.25) is 0 Å². The van der Waals surface area contributed by atoms with Gasteiger partial charge in [0.25, 0.3) is 0 Å². The maximum absolute atomic E-state index is 11.7. The monoisotopic (exact) mass is 226 g/mol. The van der Waals surface area contributed by atoms with E-state index in [0.29, 0.717) is 12.6 Å². The van der Waals surface area contributed by atoms with Crippen LogP contribution in [0, 0.1) is 0 Å². The standard InChI is InChI=1S/C13H26N2O/c1-3-4-5-8-12(2)14-11-13(16)15-9-6-7-10-15/h12,14H,3-11H2,1-2H3. The van der Waals surface area contributed by atoms with Crippen molar-refractivity contribution >= 4 is 5.91 Å². The van der Waals surface area contributed by atoms with E-state index in [1.54, 1.807) is 0 Å². The summed E-state index contributed by atoms with van der Waals surface area (Å²) in [7, 11) is 0. The molecule has 3 nitrogen and oxygen atoms in total. The molecule has 0 aromatic rings. The molecule has 0 radical (unpaired) electrons. The van der Waals surface area contributed by atoms with Crippen LogP contribution in [0.4, 0.5) is 0 Å². The molecular weight excluding hydrogens is 200 g/mol. The molecule has 1 heterocycles. The maximum atomic E-state index is 11.7. The first-order valence-electron chi connectivity index (χ1n) is 6.75. The molecule has 1 N–H and O–H groups in total. The summed E-state index contributed by atoms with van der Waals surface area (Å²) in [5, 5.41) is 3.33. The summed E-state index contributed by atoms with van der Waals surface area (Å²) < 4.78 is 0. The van der Waals surface area contributed by atoms with Gasteiger partial charge in [0.1, 0.15) is 0 Å². The quantitative estimate of drug-likeness (QED) is 0.675. The van der Waals surface area contributed by atoms with Crippen LogP contribution in [-0.2, 0) is 4.79 Å². The minimum absolute atomic E-state index is 0.278. The molecule has 1 aliphatic rings. The number of hydrogen-bond acceptors (Lipinski definition) is 2. The molecule has 0 aromatic heterocycles. The summed E-state index contributed by atoms with van der Waals surface area (Å²) in [6, 6.07) is 0.470. The molecule has 1 atom stereocenters. The highest BCUT2D eigenvalue weighted by Crippen LogP contribution is 2.07. The van der Waals surface area contributed by atoms with Crippen molar-refractivity contribution in [1.82, 2.24) is 10.2 Å². The first-order chi connectivity index (χ1) is 7.74. The zero-order valence-corrected chi connectivity index (χ0v) is 10.8. The third-order valence-electron chi connectivity index (χ3n) is 3.30. The molecule has 1 aliphatic heterocycles. The van der Waals surface area contributed by atoms with Gasteiger partial charge in [-0.2, -0.15) is 0 Å². The lowest BCUT2D eigenvalue weighted by Crippen LogP contribution is -2.39. The molecule has 0 aliphatic carbocycles. The van der Waals surface area contributed by atoms with Gasteiger partial charge >= 0.3 is 0 Å². The number of carbonyl (C=O) groups excluding carboxylic acids is 1. The molecule has 94 valence electrons. The van der Waals surface area contributed by atoms with E-state index in [0.717, 1.165) is 13.1 Å². The largest absolute Gasteiger partial charge is 0.342 e. The Labute approximate surface area is 99.6 Å². The van der Waals surface area contributed by atoms with E-state index in [2.05, 4.69) is 19.2 Å². The van der Waals surface area contributed by atoms with E-state index < -0.39 is 0 Å². The Morgan fingerprint density at radius 2 is 2.00 bits per heavy atom. The molecule has 1 fully saturated rings. The average Bonchev–Trinajstić information content (AvgIpc) is 2.79. The van der Waals surface area contributed by atoms with Gasteiger partial charge in [-0.3, -0.25) is 4.79 Å². The molecule has 0 aromatic carbocycles. The zero-order valence-electron chi connectivity index (χ0n) is 10.8. The van der Waals surface area contributed by atoms with Crippen molar-refractivity contribution in [3.05, 3.63) is 0 Å². The van der Waals surface area contributed by atoms with Crippen molar-refractivity contribution < 1.29 is 4.79 Å². The highest BCUT2D eigenvalue weighted by Gasteiger charge is 2.17. The van der Waals surface area contributed by atoms with Gasteiger partial charge < -0.3 is 10.2 Å². The van der Waals surface area contributed by atoms with Gasteiger partial charge in [-0.1, -0.05) is 26.2 Å².